The van der Waals surface area contributed by atoms with E-state index in [2.05, 4.69) is 31.9 Å². The van der Waals surface area contributed by atoms with Crippen molar-refractivity contribution in [2.75, 3.05) is 7.11 Å². The van der Waals surface area contributed by atoms with Gasteiger partial charge in [-0.05, 0) is 36.4 Å². The first kappa shape index (κ1) is 21.1. The van der Waals surface area contributed by atoms with Crippen molar-refractivity contribution in [2.24, 2.45) is 14.1 Å². The molecule has 0 fully saturated rings. The number of benzene rings is 2. The van der Waals surface area contributed by atoms with Crippen LogP contribution in [-0.2, 0) is 18.8 Å². The molecule has 0 aliphatic heterocycles. The van der Waals surface area contributed by atoms with Crippen molar-refractivity contribution >= 4 is 65.6 Å². The highest BCUT2D eigenvalue weighted by Crippen LogP contribution is 2.28. The zero-order valence-electron chi connectivity index (χ0n) is 15.9. The van der Waals surface area contributed by atoms with Crippen LogP contribution in [0.15, 0.2) is 57.7 Å². The van der Waals surface area contributed by atoms with Crippen molar-refractivity contribution in [1.29, 1.82) is 0 Å². The number of aromatic carboxylic acids is 1. The number of rotatable bonds is 2. The molecule has 0 amide bonds. The van der Waals surface area contributed by atoms with Crippen molar-refractivity contribution in [3.8, 4) is 0 Å². The van der Waals surface area contributed by atoms with Crippen molar-refractivity contribution in [1.82, 2.24) is 9.13 Å². The molecule has 0 bridgehead atoms. The minimum Gasteiger partial charge on any atom is -0.478 e. The molecule has 29 heavy (non-hydrogen) atoms. The lowest BCUT2D eigenvalue weighted by Gasteiger charge is -2.05. The summed E-state index contributed by atoms with van der Waals surface area (Å²) in [6.07, 6.45) is 3.77. The molecule has 0 aliphatic carbocycles. The summed E-state index contributed by atoms with van der Waals surface area (Å²) in [6, 6.07) is 10.8. The lowest BCUT2D eigenvalue weighted by atomic mass is 10.1. The first-order chi connectivity index (χ1) is 13.8. The van der Waals surface area contributed by atoms with Gasteiger partial charge in [0.1, 0.15) is 0 Å². The third-order valence-electron chi connectivity index (χ3n) is 4.60. The number of nitrogens with zero attached hydrogens (tertiary/aromatic N) is 2. The molecule has 0 atom stereocenters. The van der Waals surface area contributed by atoms with E-state index < -0.39 is 5.97 Å². The Bertz CT molecular complexity index is 1240. The quantitative estimate of drug-likeness (QED) is 0.360. The number of halogens is 2. The van der Waals surface area contributed by atoms with E-state index in [1.165, 1.54) is 7.11 Å². The van der Waals surface area contributed by atoms with Gasteiger partial charge in [0, 0.05) is 46.2 Å². The van der Waals surface area contributed by atoms with Gasteiger partial charge in [-0.3, -0.25) is 0 Å². The average Bonchev–Trinajstić information content (AvgIpc) is 3.27. The molecule has 0 saturated carbocycles. The van der Waals surface area contributed by atoms with Crippen LogP contribution in [0.5, 0.6) is 0 Å². The summed E-state index contributed by atoms with van der Waals surface area (Å²) in [5.41, 5.74) is 2.54. The molecule has 6 nitrogen and oxygen atoms in total. The van der Waals surface area contributed by atoms with E-state index in [4.69, 9.17) is 9.84 Å². The van der Waals surface area contributed by atoms with Gasteiger partial charge >= 0.3 is 11.9 Å². The summed E-state index contributed by atoms with van der Waals surface area (Å²) in [5.74, 6) is -1.21. The molecule has 8 heteroatoms. The Kier molecular flexibility index (Phi) is 6.14. The number of aromatic nitrogens is 2. The standard InChI is InChI=1S/C11H10BrNO2.C10H8BrNO2/c1-13-6-5-7-9(12)4-3-8(10(7)13)11(14)15-2;1-12-5-4-6-8(11)3-2-7(9(6)12)10(13)14/h3-6H,1-2H3;2-5H,1H3,(H,13,14). The van der Waals surface area contributed by atoms with E-state index in [-0.39, 0.29) is 5.97 Å². The first-order valence-electron chi connectivity index (χ1n) is 8.55. The van der Waals surface area contributed by atoms with Crippen LogP contribution in [0.3, 0.4) is 0 Å². The van der Waals surface area contributed by atoms with Crippen LogP contribution in [0, 0.1) is 0 Å². The molecule has 4 aromatic rings. The van der Waals surface area contributed by atoms with Gasteiger partial charge in [0.25, 0.3) is 0 Å². The van der Waals surface area contributed by atoms with Gasteiger partial charge in [0.15, 0.2) is 0 Å². The fourth-order valence-electron chi connectivity index (χ4n) is 3.21. The lowest BCUT2D eigenvalue weighted by Crippen LogP contribution is -2.04. The van der Waals surface area contributed by atoms with Gasteiger partial charge in [0.2, 0.25) is 0 Å². The fourth-order valence-corrected chi connectivity index (χ4v) is 4.12. The number of ether oxygens (including phenoxy) is 1. The Morgan fingerprint density at radius 3 is 1.72 bits per heavy atom. The van der Waals surface area contributed by atoms with Crippen LogP contribution in [0.2, 0.25) is 0 Å². The van der Waals surface area contributed by atoms with E-state index in [1.54, 1.807) is 18.2 Å². The van der Waals surface area contributed by atoms with Crippen LogP contribution in [0.25, 0.3) is 21.8 Å². The largest absolute Gasteiger partial charge is 0.478 e. The maximum Gasteiger partial charge on any atom is 0.340 e. The van der Waals surface area contributed by atoms with E-state index in [0.29, 0.717) is 11.1 Å². The van der Waals surface area contributed by atoms with E-state index in [1.807, 2.05) is 53.8 Å². The Morgan fingerprint density at radius 2 is 1.28 bits per heavy atom. The molecule has 4 rings (SSSR count). The number of aryl methyl sites for hydroxylation is 2. The normalized spacial score (nSPS) is 10.7. The minimum absolute atomic E-state index is 0.311. The second-order valence-electron chi connectivity index (χ2n) is 6.36. The van der Waals surface area contributed by atoms with Gasteiger partial charge in [-0.25, -0.2) is 9.59 Å². The van der Waals surface area contributed by atoms with Gasteiger partial charge in [-0.2, -0.15) is 0 Å². The number of carbonyl (C=O) groups is 2. The second-order valence-corrected chi connectivity index (χ2v) is 8.07. The van der Waals surface area contributed by atoms with E-state index in [9.17, 15) is 9.59 Å². The molecule has 0 spiro atoms. The predicted octanol–water partition coefficient (Wildman–Crippen LogP) is 5.37. The molecular formula is C21H18Br2N2O4. The molecule has 0 radical (unpaired) electrons. The third-order valence-corrected chi connectivity index (χ3v) is 5.98. The Morgan fingerprint density at radius 1 is 0.828 bits per heavy atom. The molecule has 0 unspecified atom stereocenters. The van der Waals surface area contributed by atoms with Crippen molar-refractivity contribution in [3.05, 3.63) is 68.9 Å². The summed E-state index contributed by atoms with van der Waals surface area (Å²) in [4.78, 5) is 22.5. The zero-order valence-corrected chi connectivity index (χ0v) is 19.1. The summed E-state index contributed by atoms with van der Waals surface area (Å²) in [7, 11) is 5.13. The third kappa shape index (κ3) is 3.95. The first-order valence-corrected chi connectivity index (χ1v) is 10.1. The molecule has 2 aromatic carbocycles. The topological polar surface area (TPSA) is 73.5 Å². The van der Waals surface area contributed by atoms with Crippen LogP contribution in [0.1, 0.15) is 20.7 Å². The van der Waals surface area contributed by atoms with E-state index >= 15 is 0 Å². The number of methoxy groups -OCH3 is 1. The maximum absolute atomic E-state index is 11.5. The SMILES string of the molecule is COC(=O)c1ccc(Br)c2ccn(C)c12.Cn1ccc2c(Br)ccc(C(=O)O)c21. The molecule has 2 aromatic heterocycles. The summed E-state index contributed by atoms with van der Waals surface area (Å²) >= 11 is 6.84. The second kappa shape index (κ2) is 8.42. The average molecular weight is 522 g/mol. The molecule has 2 heterocycles. The Hall–Kier alpha value is -2.58. The van der Waals surface area contributed by atoms with Gasteiger partial charge < -0.3 is 19.0 Å². The highest BCUT2D eigenvalue weighted by Gasteiger charge is 2.14. The number of carbonyl (C=O) groups excluding carboxylic acids is 1. The number of carboxylic acid groups (broad SMARTS) is 1. The molecule has 1 N–H and O–H groups in total. The monoisotopic (exact) mass is 520 g/mol. The Balaban J connectivity index is 0.000000166. The number of fused-ring (bicyclic) bond motifs is 2. The van der Waals surface area contributed by atoms with Crippen LogP contribution in [-0.4, -0.2) is 33.3 Å². The molecule has 150 valence electrons. The van der Waals surface area contributed by atoms with Gasteiger partial charge in [0.05, 0.1) is 29.3 Å². The fraction of sp³-hybridized carbons (Fsp3) is 0.143. The number of carboxylic acids is 1. The zero-order chi connectivity index (χ0) is 21.3. The van der Waals surface area contributed by atoms with Crippen molar-refractivity contribution in [2.45, 2.75) is 0 Å². The number of esters is 1. The van der Waals surface area contributed by atoms with Crippen molar-refractivity contribution in [3.63, 3.8) is 0 Å². The highest BCUT2D eigenvalue weighted by atomic mass is 79.9. The van der Waals surface area contributed by atoms with Crippen LogP contribution < -0.4 is 0 Å². The van der Waals surface area contributed by atoms with Gasteiger partial charge in [-0.15, -0.1) is 0 Å². The summed E-state index contributed by atoms with van der Waals surface area (Å²) in [5, 5.41) is 10.9. The predicted molar refractivity (Wildman–Crippen MR) is 120 cm³/mol. The Labute approximate surface area is 183 Å². The summed E-state index contributed by atoms with van der Waals surface area (Å²) in [6.45, 7) is 0. The molecule has 0 saturated heterocycles. The summed E-state index contributed by atoms with van der Waals surface area (Å²) < 4.78 is 10.4. The van der Waals surface area contributed by atoms with Crippen LogP contribution in [0.4, 0.5) is 0 Å². The number of hydrogen-bond acceptors (Lipinski definition) is 3. The molecular weight excluding hydrogens is 504 g/mol. The minimum atomic E-state index is -0.899. The van der Waals surface area contributed by atoms with Crippen LogP contribution >= 0.6 is 31.9 Å². The van der Waals surface area contributed by atoms with Crippen molar-refractivity contribution < 1.29 is 19.4 Å². The highest BCUT2D eigenvalue weighted by molar-refractivity contribution is 9.11. The van der Waals surface area contributed by atoms with Gasteiger partial charge in [-0.1, -0.05) is 31.9 Å². The lowest BCUT2D eigenvalue weighted by molar-refractivity contribution is 0.0601. The number of hydrogen-bond donors (Lipinski definition) is 1. The smallest absolute Gasteiger partial charge is 0.340 e. The van der Waals surface area contributed by atoms with E-state index in [0.717, 1.165) is 30.8 Å². The molecule has 0 aliphatic rings. The maximum atomic E-state index is 11.5.